The minimum absolute atomic E-state index is 0.00339. The lowest BCUT2D eigenvalue weighted by molar-refractivity contribution is -0.117. The summed E-state index contributed by atoms with van der Waals surface area (Å²) in [4.78, 5) is 30.9. The first-order valence-electron chi connectivity index (χ1n) is 8.50. The molecule has 0 saturated heterocycles. The van der Waals surface area contributed by atoms with E-state index in [-0.39, 0.29) is 24.3 Å². The Labute approximate surface area is 156 Å². The molecule has 0 aliphatic rings. The van der Waals surface area contributed by atoms with Gasteiger partial charge in [0.15, 0.2) is 5.13 Å². The molecule has 26 heavy (non-hydrogen) atoms. The van der Waals surface area contributed by atoms with Crippen LogP contribution in [0.1, 0.15) is 24.2 Å². The van der Waals surface area contributed by atoms with E-state index in [4.69, 9.17) is 0 Å². The molecule has 2 aromatic carbocycles. The van der Waals surface area contributed by atoms with Crippen molar-refractivity contribution in [3.8, 4) is 0 Å². The minimum Gasteiger partial charge on any atom is -0.329 e. The maximum absolute atomic E-state index is 13.0. The maximum Gasteiger partial charge on any atom is 0.254 e. The van der Waals surface area contributed by atoms with Crippen molar-refractivity contribution in [3.63, 3.8) is 0 Å². The second-order valence-corrected chi connectivity index (χ2v) is 7.42. The SMILES string of the molecule is CC(C)CN(CC(=O)Nc1nccs1)C(=O)c1ccc2ccccc2c1. The van der Waals surface area contributed by atoms with Crippen molar-refractivity contribution in [3.05, 3.63) is 59.6 Å². The van der Waals surface area contributed by atoms with Crippen LogP contribution in [0.3, 0.4) is 0 Å². The van der Waals surface area contributed by atoms with E-state index in [2.05, 4.69) is 10.3 Å². The molecule has 1 aromatic heterocycles. The van der Waals surface area contributed by atoms with Crippen LogP contribution in [0.5, 0.6) is 0 Å². The first-order chi connectivity index (χ1) is 12.5. The highest BCUT2D eigenvalue weighted by atomic mass is 32.1. The predicted molar refractivity (Wildman–Crippen MR) is 105 cm³/mol. The summed E-state index contributed by atoms with van der Waals surface area (Å²) in [7, 11) is 0. The number of anilines is 1. The zero-order chi connectivity index (χ0) is 18.5. The molecule has 0 atom stereocenters. The Balaban J connectivity index is 1.78. The van der Waals surface area contributed by atoms with Gasteiger partial charge in [-0.25, -0.2) is 4.98 Å². The van der Waals surface area contributed by atoms with Gasteiger partial charge < -0.3 is 10.2 Å². The summed E-state index contributed by atoms with van der Waals surface area (Å²) in [6.45, 7) is 4.57. The van der Waals surface area contributed by atoms with E-state index < -0.39 is 0 Å². The number of hydrogen-bond acceptors (Lipinski definition) is 4. The van der Waals surface area contributed by atoms with Crippen LogP contribution in [0.25, 0.3) is 10.8 Å². The molecule has 1 heterocycles. The van der Waals surface area contributed by atoms with Crippen LogP contribution in [0.15, 0.2) is 54.0 Å². The van der Waals surface area contributed by atoms with Gasteiger partial charge in [-0.2, -0.15) is 0 Å². The molecule has 134 valence electrons. The van der Waals surface area contributed by atoms with Crippen molar-refractivity contribution in [1.82, 2.24) is 9.88 Å². The van der Waals surface area contributed by atoms with Gasteiger partial charge in [0.05, 0.1) is 0 Å². The normalized spacial score (nSPS) is 10.9. The van der Waals surface area contributed by atoms with E-state index in [1.807, 2.05) is 56.3 Å². The van der Waals surface area contributed by atoms with Gasteiger partial charge in [0, 0.05) is 23.7 Å². The standard InChI is InChI=1S/C20H21N3O2S/c1-14(2)12-23(13-18(24)22-20-21-9-10-26-20)19(25)17-8-7-15-5-3-4-6-16(15)11-17/h3-11,14H,12-13H2,1-2H3,(H,21,22,24). The van der Waals surface area contributed by atoms with Crippen LogP contribution in [0.4, 0.5) is 5.13 Å². The number of rotatable bonds is 6. The van der Waals surface area contributed by atoms with Gasteiger partial charge in [0.25, 0.3) is 5.91 Å². The number of carbonyl (C=O) groups is 2. The molecule has 3 aromatic rings. The van der Waals surface area contributed by atoms with Crippen molar-refractivity contribution in [2.24, 2.45) is 5.92 Å². The van der Waals surface area contributed by atoms with E-state index in [0.29, 0.717) is 17.2 Å². The molecule has 0 fully saturated rings. The molecular weight excluding hydrogens is 346 g/mol. The lowest BCUT2D eigenvalue weighted by Crippen LogP contribution is -2.40. The topological polar surface area (TPSA) is 62.3 Å². The predicted octanol–water partition coefficient (Wildman–Crippen LogP) is 4.03. The number of hydrogen-bond donors (Lipinski definition) is 1. The largest absolute Gasteiger partial charge is 0.329 e. The quantitative estimate of drug-likeness (QED) is 0.715. The number of thiazole rings is 1. The van der Waals surface area contributed by atoms with E-state index in [1.165, 1.54) is 11.3 Å². The van der Waals surface area contributed by atoms with Crippen LogP contribution < -0.4 is 5.32 Å². The zero-order valence-corrected chi connectivity index (χ0v) is 15.6. The summed E-state index contributed by atoms with van der Waals surface area (Å²) < 4.78 is 0. The number of benzene rings is 2. The summed E-state index contributed by atoms with van der Waals surface area (Å²) in [5.74, 6) is -0.124. The third kappa shape index (κ3) is 4.46. The third-order valence-electron chi connectivity index (χ3n) is 3.88. The van der Waals surface area contributed by atoms with Crippen molar-refractivity contribution >= 4 is 39.1 Å². The third-order valence-corrected chi connectivity index (χ3v) is 4.57. The molecule has 0 spiro atoms. The second kappa shape index (κ2) is 8.10. The van der Waals surface area contributed by atoms with Gasteiger partial charge >= 0.3 is 0 Å². The summed E-state index contributed by atoms with van der Waals surface area (Å²) in [5, 5.41) is 7.16. The fourth-order valence-corrected chi connectivity index (χ4v) is 3.33. The number of nitrogens with one attached hydrogen (secondary N) is 1. The smallest absolute Gasteiger partial charge is 0.254 e. The molecule has 1 N–H and O–H groups in total. The number of nitrogens with zero attached hydrogens (tertiary/aromatic N) is 2. The number of carbonyl (C=O) groups excluding carboxylic acids is 2. The molecule has 0 saturated carbocycles. The molecule has 5 nitrogen and oxygen atoms in total. The Hall–Kier alpha value is -2.73. The molecule has 0 aliphatic carbocycles. The van der Waals surface area contributed by atoms with Gasteiger partial charge in [-0.1, -0.05) is 44.2 Å². The average Bonchev–Trinajstić information content (AvgIpc) is 3.12. The highest BCUT2D eigenvalue weighted by molar-refractivity contribution is 7.13. The Morgan fingerprint density at radius 2 is 1.92 bits per heavy atom. The fraction of sp³-hybridized carbons (Fsp3) is 0.250. The molecule has 0 radical (unpaired) electrons. The lowest BCUT2D eigenvalue weighted by Gasteiger charge is -2.24. The highest BCUT2D eigenvalue weighted by Gasteiger charge is 2.20. The molecule has 3 rings (SSSR count). The van der Waals surface area contributed by atoms with Crippen molar-refractivity contribution in [2.45, 2.75) is 13.8 Å². The highest BCUT2D eigenvalue weighted by Crippen LogP contribution is 2.18. The molecule has 0 bridgehead atoms. The van der Waals surface area contributed by atoms with E-state index in [9.17, 15) is 9.59 Å². The molecule has 0 unspecified atom stereocenters. The Morgan fingerprint density at radius 1 is 1.15 bits per heavy atom. The van der Waals surface area contributed by atoms with Gasteiger partial charge in [-0.15, -0.1) is 11.3 Å². The van der Waals surface area contributed by atoms with E-state index in [0.717, 1.165) is 10.8 Å². The van der Waals surface area contributed by atoms with E-state index in [1.54, 1.807) is 16.5 Å². The van der Waals surface area contributed by atoms with Crippen LogP contribution in [0, 0.1) is 5.92 Å². The first kappa shape index (κ1) is 18.1. The van der Waals surface area contributed by atoms with Gasteiger partial charge in [-0.3, -0.25) is 9.59 Å². The molecule has 6 heteroatoms. The van der Waals surface area contributed by atoms with Crippen LogP contribution in [0.2, 0.25) is 0 Å². The number of fused-ring (bicyclic) bond motifs is 1. The first-order valence-corrected chi connectivity index (χ1v) is 9.38. The van der Waals surface area contributed by atoms with E-state index >= 15 is 0 Å². The van der Waals surface area contributed by atoms with Crippen molar-refractivity contribution in [1.29, 1.82) is 0 Å². The van der Waals surface area contributed by atoms with Crippen LogP contribution >= 0.6 is 11.3 Å². The summed E-state index contributed by atoms with van der Waals surface area (Å²) in [5.41, 5.74) is 0.589. The molecule has 0 aliphatic heterocycles. The number of aromatic nitrogens is 1. The van der Waals surface area contributed by atoms with Crippen molar-refractivity contribution < 1.29 is 9.59 Å². The Bertz CT molecular complexity index is 906. The maximum atomic E-state index is 13.0. The second-order valence-electron chi connectivity index (χ2n) is 6.53. The Kier molecular flexibility index (Phi) is 5.63. The molecular formula is C20H21N3O2S. The van der Waals surface area contributed by atoms with Crippen LogP contribution in [-0.2, 0) is 4.79 Å². The summed E-state index contributed by atoms with van der Waals surface area (Å²) in [6, 6.07) is 13.5. The monoisotopic (exact) mass is 367 g/mol. The summed E-state index contributed by atoms with van der Waals surface area (Å²) >= 11 is 1.35. The van der Waals surface area contributed by atoms with Crippen LogP contribution in [-0.4, -0.2) is 34.8 Å². The molecule has 2 amide bonds. The fourth-order valence-electron chi connectivity index (χ4n) is 2.78. The summed E-state index contributed by atoms with van der Waals surface area (Å²) in [6.07, 6.45) is 1.63. The minimum atomic E-state index is -0.241. The van der Waals surface area contributed by atoms with Gasteiger partial charge in [0.1, 0.15) is 6.54 Å². The lowest BCUT2D eigenvalue weighted by atomic mass is 10.1. The zero-order valence-electron chi connectivity index (χ0n) is 14.8. The average molecular weight is 367 g/mol. The van der Waals surface area contributed by atoms with Crippen molar-refractivity contribution in [2.75, 3.05) is 18.4 Å². The van der Waals surface area contributed by atoms with Gasteiger partial charge in [-0.05, 0) is 28.8 Å². The number of amides is 2. The van der Waals surface area contributed by atoms with Gasteiger partial charge in [0.2, 0.25) is 5.91 Å². The Morgan fingerprint density at radius 3 is 2.62 bits per heavy atom.